The molecule has 0 N–H and O–H groups in total. The molecule has 0 amide bonds. The van der Waals surface area contributed by atoms with E-state index in [9.17, 15) is 0 Å². The third-order valence-electron chi connectivity index (χ3n) is 3.42. The van der Waals surface area contributed by atoms with E-state index in [1.807, 2.05) is 6.92 Å². The SMILES string of the molecule is CCC(C)C(CC)C(C)c1nc(C)no1. The summed E-state index contributed by atoms with van der Waals surface area (Å²) < 4.78 is 5.24. The number of aromatic nitrogens is 2. The zero-order valence-electron chi connectivity index (χ0n) is 10.4. The van der Waals surface area contributed by atoms with E-state index < -0.39 is 0 Å². The van der Waals surface area contributed by atoms with Crippen molar-refractivity contribution in [2.75, 3.05) is 0 Å². The largest absolute Gasteiger partial charge is 0.339 e. The van der Waals surface area contributed by atoms with Crippen molar-refractivity contribution in [3.63, 3.8) is 0 Å². The Morgan fingerprint density at radius 1 is 1.20 bits per heavy atom. The van der Waals surface area contributed by atoms with Gasteiger partial charge >= 0.3 is 0 Å². The molecule has 1 heterocycles. The zero-order chi connectivity index (χ0) is 11.4. The summed E-state index contributed by atoms with van der Waals surface area (Å²) in [5.74, 6) is 3.23. The topological polar surface area (TPSA) is 38.9 Å². The molecule has 1 aromatic rings. The van der Waals surface area contributed by atoms with Gasteiger partial charge in [-0.05, 0) is 18.8 Å². The van der Waals surface area contributed by atoms with Crippen LogP contribution in [0, 0.1) is 18.8 Å². The Kier molecular flexibility index (Phi) is 4.30. The van der Waals surface area contributed by atoms with Gasteiger partial charge in [-0.25, -0.2) is 0 Å². The number of nitrogens with zero attached hydrogens (tertiary/aromatic N) is 2. The zero-order valence-corrected chi connectivity index (χ0v) is 10.4. The maximum atomic E-state index is 5.24. The Labute approximate surface area is 92.3 Å². The predicted octanol–water partition coefficient (Wildman–Crippen LogP) is 3.55. The van der Waals surface area contributed by atoms with Crippen LogP contribution in [0.5, 0.6) is 0 Å². The van der Waals surface area contributed by atoms with Crippen molar-refractivity contribution in [2.45, 2.75) is 53.4 Å². The number of hydrogen-bond acceptors (Lipinski definition) is 3. The lowest BCUT2D eigenvalue weighted by Gasteiger charge is -2.25. The van der Waals surface area contributed by atoms with Crippen molar-refractivity contribution in [2.24, 2.45) is 11.8 Å². The van der Waals surface area contributed by atoms with Gasteiger partial charge in [0.25, 0.3) is 0 Å². The Hall–Kier alpha value is -0.860. The Morgan fingerprint density at radius 2 is 1.87 bits per heavy atom. The fourth-order valence-corrected chi connectivity index (χ4v) is 2.23. The summed E-state index contributed by atoms with van der Waals surface area (Å²) in [6.45, 7) is 10.8. The lowest BCUT2D eigenvalue weighted by molar-refractivity contribution is 0.246. The minimum Gasteiger partial charge on any atom is -0.339 e. The normalized spacial score (nSPS) is 17.4. The standard InChI is InChI=1S/C12H22N2O/c1-6-8(3)11(7-2)9(4)12-13-10(5)14-15-12/h8-9,11H,6-7H2,1-5H3. The van der Waals surface area contributed by atoms with Gasteiger partial charge in [0.1, 0.15) is 0 Å². The molecular weight excluding hydrogens is 188 g/mol. The molecule has 0 fully saturated rings. The molecular formula is C12H22N2O. The highest BCUT2D eigenvalue weighted by Gasteiger charge is 2.26. The average molecular weight is 210 g/mol. The molecule has 0 spiro atoms. The molecule has 0 aliphatic heterocycles. The molecule has 0 aromatic carbocycles. The van der Waals surface area contributed by atoms with Gasteiger partial charge in [0.15, 0.2) is 5.82 Å². The highest BCUT2D eigenvalue weighted by Crippen LogP contribution is 2.32. The quantitative estimate of drug-likeness (QED) is 0.746. The number of aryl methyl sites for hydroxylation is 1. The molecule has 3 heteroatoms. The van der Waals surface area contributed by atoms with Crippen LogP contribution in [0.15, 0.2) is 4.52 Å². The summed E-state index contributed by atoms with van der Waals surface area (Å²) in [6, 6.07) is 0. The monoisotopic (exact) mass is 210 g/mol. The fraction of sp³-hybridized carbons (Fsp3) is 0.833. The second-order valence-electron chi connectivity index (χ2n) is 4.43. The van der Waals surface area contributed by atoms with Crippen LogP contribution in [-0.4, -0.2) is 10.1 Å². The average Bonchev–Trinajstić information content (AvgIpc) is 2.65. The van der Waals surface area contributed by atoms with E-state index in [2.05, 4.69) is 37.8 Å². The molecule has 15 heavy (non-hydrogen) atoms. The van der Waals surface area contributed by atoms with Crippen LogP contribution in [-0.2, 0) is 0 Å². The first-order valence-electron chi connectivity index (χ1n) is 5.90. The van der Waals surface area contributed by atoms with Crippen molar-refractivity contribution in [1.29, 1.82) is 0 Å². The third-order valence-corrected chi connectivity index (χ3v) is 3.42. The van der Waals surface area contributed by atoms with Gasteiger partial charge in [0, 0.05) is 5.92 Å². The van der Waals surface area contributed by atoms with Crippen molar-refractivity contribution in [3.8, 4) is 0 Å². The molecule has 3 unspecified atom stereocenters. The van der Waals surface area contributed by atoms with Gasteiger partial charge in [-0.2, -0.15) is 4.98 Å². The first-order chi connectivity index (χ1) is 7.10. The molecule has 1 aromatic heterocycles. The lowest BCUT2D eigenvalue weighted by atomic mass is 9.80. The second-order valence-corrected chi connectivity index (χ2v) is 4.43. The molecule has 0 aliphatic carbocycles. The van der Waals surface area contributed by atoms with E-state index >= 15 is 0 Å². The third kappa shape index (κ3) is 2.80. The van der Waals surface area contributed by atoms with E-state index in [0.717, 1.165) is 18.1 Å². The van der Waals surface area contributed by atoms with E-state index in [4.69, 9.17) is 4.52 Å². The predicted molar refractivity (Wildman–Crippen MR) is 60.7 cm³/mol. The van der Waals surface area contributed by atoms with Gasteiger partial charge in [-0.15, -0.1) is 0 Å². The molecule has 1 rings (SSSR count). The summed E-state index contributed by atoms with van der Waals surface area (Å²) in [5.41, 5.74) is 0. The summed E-state index contributed by atoms with van der Waals surface area (Å²) in [4.78, 5) is 4.32. The van der Waals surface area contributed by atoms with Gasteiger partial charge in [-0.1, -0.05) is 45.7 Å². The van der Waals surface area contributed by atoms with Crippen LogP contribution in [0.4, 0.5) is 0 Å². The van der Waals surface area contributed by atoms with E-state index in [-0.39, 0.29) is 0 Å². The maximum Gasteiger partial charge on any atom is 0.229 e. The van der Waals surface area contributed by atoms with Crippen LogP contribution in [0.1, 0.15) is 58.2 Å². The molecule has 0 saturated carbocycles. The van der Waals surface area contributed by atoms with Gasteiger partial charge in [0.2, 0.25) is 5.89 Å². The fourth-order valence-electron chi connectivity index (χ4n) is 2.23. The molecule has 0 radical (unpaired) electrons. The van der Waals surface area contributed by atoms with Crippen LogP contribution >= 0.6 is 0 Å². The minimum absolute atomic E-state index is 0.367. The molecule has 0 aliphatic rings. The number of rotatable bonds is 5. The Morgan fingerprint density at radius 3 is 2.27 bits per heavy atom. The number of hydrogen-bond donors (Lipinski definition) is 0. The molecule has 0 bridgehead atoms. The molecule has 0 saturated heterocycles. The molecule has 86 valence electrons. The Bertz CT molecular complexity index is 296. The van der Waals surface area contributed by atoms with Crippen molar-refractivity contribution >= 4 is 0 Å². The van der Waals surface area contributed by atoms with Crippen LogP contribution in [0.3, 0.4) is 0 Å². The highest BCUT2D eigenvalue weighted by molar-refractivity contribution is 4.94. The van der Waals surface area contributed by atoms with E-state index in [0.29, 0.717) is 17.8 Å². The van der Waals surface area contributed by atoms with Crippen LogP contribution in [0.25, 0.3) is 0 Å². The van der Waals surface area contributed by atoms with Gasteiger partial charge < -0.3 is 4.52 Å². The maximum absolute atomic E-state index is 5.24. The highest BCUT2D eigenvalue weighted by atomic mass is 16.5. The van der Waals surface area contributed by atoms with Gasteiger partial charge in [0.05, 0.1) is 0 Å². The van der Waals surface area contributed by atoms with E-state index in [1.165, 1.54) is 6.42 Å². The summed E-state index contributed by atoms with van der Waals surface area (Å²) in [5, 5.41) is 3.85. The minimum atomic E-state index is 0.367. The smallest absolute Gasteiger partial charge is 0.229 e. The first kappa shape index (κ1) is 12.2. The summed E-state index contributed by atoms with van der Waals surface area (Å²) >= 11 is 0. The van der Waals surface area contributed by atoms with Crippen molar-refractivity contribution in [1.82, 2.24) is 10.1 Å². The Balaban J connectivity index is 2.76. The van der Waals surface area contributed by atoms with Gasteiger partial charge in [-0.3, -0.25) is 0 Å². The van der Waals surface area contributed by atoms with Crippen LogP contribution < -0.4 is 0 Å². The van der Waals surface area contributed by atoms with E-state index in [1.54, 1.807) is 0 Å². The summed E-state index contributed by atoms with van der Waals surface area (Å²) in [6.07, 6.45) is 2.37. The summed E-state index contributed by atoms with van der Waals surface area (Å²) in [7, 11) is 0. The lowest BCUT2D eigenvalue weighted by Crippen LogP contribution is -2.17. The van der Waals surface area contributed by atoms with Crippen molar-refractivity contribution in [3.05, 3.63) is 11.7 Å². The van der Waals surface area contributed by atoms with Crippen LogP contribution in [0.2, 0.25) is 0 Å². The molecule has 3 atom stereocenters. The first-order valence-corrected chi connectivity index (χ1v) is 5.90. The molecule has 3 nitrogen and oxygen atoms in total. The second kappa shape index (κ2) is 5.29. The van der Waals surface area contributed by atoms with Crippen molar-refractivity contribution < 1.29 is 4.52 Å².